The van der Waals surface area contributed by atoms with E-state index in [2.05, 4.69) is 10.3 Å². The van der Waals surface area contributed by atoms with Gasteiger partial charge >= 0.3 is 11.5 Å². The van der Waals surface area contributed by atoms with Gasteiger partial charge in [-0.2, -0.15) is 13.2 Å². The van der Waals surface area contributed by atoms with Crippen molar-refractivity contribution in [1.82, 2.24) is 10.2 Å². The van der Waals surface area contributed by atoms with Gasteiger partial charge in [0.15, 0.2) is 0 Å². The van der Waals surface area contributed by atoms with E-state index >= 15 is 0 Å². The Balaban J connectivity index is 2.29. The van der Waals surface area contributed by atoms with Crippen molar-refractivity contribution in [1.29, 1.82) is 0 Å². The van der Waals surface area contributed by atoms with Crippen LogP contribution in [0.2, 0.25) is 0 Å². The number of morpholine rings is 1. The number of nitrogens with one attached hydrogen (secondary N) is 1. The molecule has 0 aliphatic carbocycles. The summed E-state index contributed by atoms with van der Waals surface area (Å²) in [7, 11) is 0. The minimum Gasteiger partial charge on any atom is -0.378 e. The summed E-state index contributed by atoms with van der Waals surface area (Å²) in [5, 5.41) is 1.46. The Morgan fingerprint density at radius 1 is 1.32 bits per heavy atom. The van der Waals surface area contributed by atoms with E-state index in [-0.39, 0.29) is 11.6 Å². The van der Waals surface area contributed by atoms with Gasteiger partial charge in [-0.1, -0.05) is 6.07 Å². The van der Waals surface area contributed by atoms with E-state index in [4.69, 9.17) is 16.3 Å². The molecule has 0 saturated carbocycles. The molecule has 22 heavy (non-hydrogen) atoms. The second-order valence-electron chi connectivity index (χ2n) is 4.48. The highest BCUT2D eigenvalue weighted by molar-refractivity contribution is 6.64. The summed E-state index contributed by atoms with van der Waals surface area (Å²) in [5.74, 6) is 0.0997. The highest BCUT2D eigenvalue weighted by Crippen LogP contribution is 2.31. The van der Waals surface area contributed by atoms with Crippen LogP contribution in [0.15, 0.2) is 29.3 Å². The van der Waals surface area contributed by atoms with Crippen LogP contribution in [0.4, 0.5) is 23.7 Å². The van der Waals surface area contributed by atoms with E-state index in [0.717, 1.165) is 12.1 Å². The van der Waals surface area contributed by atoms with Crippen molar-refractivity contribution in [3.8, 4) is 0 Å². The van der Waals surface area contributed by atoms with Crippen molar-refractivity contribution in [2.24, 2.45) is 4.99 Å². The Morgan fingerprint density at radius 2 is 2.00 bits per heavy atom. The largest absolute Gasteiger partial charge is 0.416 e. The van der Waals surface area contributed by atoms with Gasteiger partial charge in [-0.25, -0.2) is 4.99 Å². The van der Waals surface area contributed by atoms with Gasteiger partial charge in [-0.15, -0.1) is 0 Å². The highest BCUT2D eigenvalue weighted by Gasteiger charge is 2.30. The zero-order valence-corrected chi connectivity index (χ0v) is 12.1. The number of halogens is 4. The molecule has 0 spiro atoms. The molecule has 0 atom stereocenters. The Morgan fingerprint density at radius 3 is 2.59 bits per heavy atom. The summed E-state index contributed by atoms with van der Waals surface area (Å²) in [5.41, 5.74) is -0.742. The Bertz CT molecular complexity index is 572. The summed E-state index contributed by atoms with van der Waals surface area (Å²) >= 11 is 5.29. The maximum atomic E-state index is 12.7. The number of nitrogens with zero attached hydrogens (tertiary/aromatic N) is 2. The van der Waals surface area contributed by atoms with Gasteiger partial charge < -0.3 is 9.64 Å². The van der Waals surface area contributed by atoms with Crippen LogP contribution in [0.5, 0.6) is 0 Å². The lowest BCUT2D eigenvalue weighted by molar-refractivity contribution is -0.137. The van der Waals surface area contributed by atoms with Crippen LogP contribution in [-0.2, 0) is 10.9 Å². The maximum absolute atomic E-state index is 12.7. The van der Waals surface area contributed by atoms with E-state index < -0.39 is 17.1 Å². The summed E-state index contributed by atoms with van der Waals surface area (Å²) in [4.78, 5) is 16.8. The van der Waals surface area contributed by atoms with Gasteiger partial charge in [0.25, 0.3) is 0 Å². The summed E-state index contributed by atoms with van der Waals surface area (Å²) in [6.07, 6.45) is -4.46. The molecule has 0 bridgehead atoms. The van der Waals surface area contributed by atoms with Crippen molar-refractivity contribution in [2.45, 2.75) is 6.18 Å². The normalized spacial score (nSPS) is 16.5. The maximum Gasteiger partial charge on any atom is 0.416 e. The predicted octanol–water partition coefficient (Wildman–Crippen LogP) is 2.97. The number of hydrogen-bond acceptors (Lipinski definition) is 3. The molecule has 1 aromatic rings. The van der Waals surface area contributed by atoms with Gasteiger partial charge in [-0.05, 0) is 29.8 Å². The standard InChI is InChI=1S/C13H13ClF3N3O2/c14-11(21)19-12(20-4-6-22-7-5-20)18-10-3-1-2-9(8-10)13(15,16)17/h1-3,8H,4-7H2,(H,18,19,21). The number of carbonyl (C=O) groups is 1. The number of hydrogen-bond donors (Lipinski definition) is 1. The molecule has 1 aliphatic heterocycles. The molecule has 1 aromatic carbocycles. The number of rotatable bonds is 1. The Kier molecular flexibility index (Phi) is 5.25. The van der Waals surface area contributed by atoms with E-state index in [9.17, 15) is 18.0 Å². The zero-order valence-electron chi connectivity index (χ0n) is 11.4. The quantitative estimate of drug-likeness (QED) is 0.371. The molecule has 1 saturated heterocycles. The topological polar surface area (TPSA) is 53.9 Å². The molecule has 9 heteroatoms. The number of alkyl halides is 3. The molecule has 2 rings (SSSR count). The third-order valence-electron chi connectivity index (χ3n) is 2.93. The number of guanidine groups is 1. The van der Waals surface area contributed by atoms with Crippen LogP contribution in [0.1, 0.15) is 5.56 Å². The first kappa shape index (κ1) is 16.6. The molecule has 0 unspecified atom stereocenters. The predicted molar refractivity (Wildman–Crippen MR) is 75.3 cm³/mol. The number of carbonyl (C=O) groups excluding carboxylic acids is 1. The Labute approximate surface area is 129 Å². The van der Waals surface area contributed by atoms with E-state index in [0.29, 0.717) is 26.3 Å². The molecule has 120 valence electrons. The fourth-order valence-corrected chi connectivity index (χ4v) is 2.00. The minimum atomic E-state index is -4.46. The van der Waals surface area contributed by atoms with Crippen molar-refractivity contribution < 1.29 is 22.7 Å². The molecule has 1 fully saturated rings. The van der Waals surface area contributed by atoms with Gasteiger partial charge in [0.05, 0.1) is 24.5 Å². The lowest BCUT2D eigenvalue weighted by Gasteiger charge is -2.29. The Hall–Kier alpha value is -1.80. The lowest BCUT2D eigenvalue weighted by atomic mass is 10.2. The fourth-order valence-electron chi connectivity index (χ4n) is 1.91. The number of ether oxygens (including phenoxy) is 1. The number of benzene rings is 1. The van der Waals surface area contributed by atoms with E-state index in [1.807, 2.05) is 0 Å². The molecule has 0 aromatic heterocycles. The van der Waals surface area contributed by atoms with Crippen LogP contribution < -0.4 is 5.32 Å². The summed E-state index contributed by atoms with van der Waals surface area (Å²) in [6.45, 7) is 1.77. The van der Waals surface area contributed by atoms with Crippen molar-refractivity contribution in [3.05, 3.63) is 29.8 Å². The molecule has 1 heterocycles. The molecular weight excluding hydrogens is 323 g/mol. The smallest absolute Gasteiger partial charge is 0.378 e. The second kappa shape index (κ2) is 6.97. The lowest BCUT2D eigenvalue weighted by Crippen LogP contribution is -2.47. The number of aliphatic imine (C=N–C) groups is 1. The first-order valence-corrected chi connectivity index (χ1v) is 6.79. The molecular formula is C13H13ClF3N3O2. The molecule has 1 aliphatic rings. The van der Waals surface area contributed by atoms with Crippen LogP contribution in [0, 0.1) is 0 Å². The van der Waals surface area contributed by atoms with Crippen molar-refractivity contribution in [3.63, 3.8) is 0 Å². The van der Waals surface area contributed by atoms with Gasteiger partial charge in [0.1, 0.15) is 0 Å². The minimum absolute atomic E-state index is 0.0710. The number of amides is 1. The third-order valence-corrected chi connectivity index (χ3v) is 3.02. The highest BCUT2D eigenvalue weighted by atomic mass is 35.5. The fraction of sp³-hybridized carbons (Fsp3) is 0.385. The molecule has 5 nitrogen and oxygen atoms in total. The first-order chi connectivity index (χ1) is 10.4. The second-order valence-corrected chi connectivity index (χ2v) is 4.82. The SMILES string of the molecule is O=C(Cl)NC(=Nc1cccc(C(F)(F)F)c1)N1CCOCC1. The van der Waals surface area contributed by atoms with Gasteiger partial charge in [-0.3, -0.25) is 10.1 Å². The van der Waals surface area contributed by atoms with E-state index in [1.165, 1.54) is 12.1 Å². The van der Waals surface area contributed by atoms with Crippen LogP contribution in [0.25, 0.3) is 0 Å². The first-order valence-electron chi connectivity index (χ1n) is 6.41. The monoisotopic (exact) mass is 335 g/mol. The average molecular weight is 336 g/mol. The van der Waals surface area contributed by atoms with Crippen molar-refractivity contribution >= 4 is 28.6 Å². The van der Waals surface area contributed by atoms with E-state index in [1.54, 1.807) is 4.90 Å². The molecule has 1 N–H and O–H groups in total. The summed E-state index contributed by atoms with van der Waals surface area (Å²) in [6, 6.07) is 4.52. The van der Waals surface area contributed by atoms with Crippen LogP contribution >= 0.6 is 11.6 Å². The van der Waals surface area contributed by atoms with Crippen LogP contribution in [-0.4, -0.2) is 42.5 Å². The third kappa shape index (κ3) is 4.60. The average Bonchev–Trinajstić information content (AvgIpc) is 2.46. The van der Waals surface area contributed by atoms with Gasteiger partial charge in [0.2, 0.25) is 5.96 Å². The van der Waals surface area contributed by atoms with Gasteiger partial charge in [0, 0.05) is 13.1 Å². The molecule has 1 amide bonds. The molecule has 0 radical (unpaired) electrons. The van der Waals surface area contributed by atoms with Crippen LogP contribution in [0.3, 0.4) is 0 Å². The zero-order chi connectivity index (χ0) is 16.2. The van der Waals surface area contributed by atoms with Crippen molar-refractivity contribution in [2.75, 3.05) is 26.3 Å². The summed E-state index contributed by atoms with van der Waals surface area (Å²) < 4.78 is 43.3.